The van der Waals surface area contributed by atoms with Gasteiger partial charge in [0.1, 0.15) is 5.75 Å². The van der Waals surface area contributed by atoms with Crippen LogP contribution in [0.5, 0.6) is 5.75 Å². The molecule has 1 aromatic carbocycles. The first-order chi connectivity index (χ1) is 9.24. The van der Waals surface area contributed by atoms with Crippen molar-refractivity contribution in [3.63, 3.8) is 0 Å². The Morgan fingerprint density at radius 1 is 1.21 bits per heavy atom. The number of carbonyl (C=O) groups is 1. The lowest BCUT2D eigenvalue weighted by molar-refractivity contribution is 0.0508. The summed E-state index contributed by atoms with van der Waals surface area (Å²) in [7, 11) is 0. The second kappa shape index (κ2) is 5.99. The summed E-state index contributed by atoms with van der Waals surface area (Å²) in [6.07, 6.45) is 0. The van der Waals surface area contributed by atoms with Crippen LogP contribution in [0.3, 0.4) is 0 Å². The number of rotatable bonds is 5. The molecular weight excluding hydrogens is 248 g/mol. The van der Waals surface area contributed by atoms with Crippen LogP contribution in [0.2, 0.25) is 0 Å². The summed E-state index contributed by atoms with van der Waals surface area (Å²) in [5.74, 6) is 0.358. The highest BCUT2D eigenvalue weighted by atomic mass is 16.5. The molecule has 0 radical (unpaired) electrons. The van der Waals surface area contributed by atoms with Crippen LogP contribution in [-0.2, 0) is 4.74 Å². The van der Waals surface area contributed by atoms with E-state index < -0.39 is 5.97 Å². The van der Waals surface area contributed by atoms with Gasteiger partial charge in [-0.1, -0.05) is 0 Å². The van der Waals surface area contributed by atoms with Crippen LogP contribution in [-0.4, -0.2) is 29.3 Å². The molecule has 2 aromatic rings. The van der Waals surface area contributed by atoms with E-state index in [9.17, 15) is 4.79 Å². The molecule has 1 aromatic heterocycles. The number of hydrogen-bond donors (Lipinski definition) is 0. The molecule has 0 aliphatic rings. The molecule has 0 saturated carbocycles. The third-order valence-electron chi connectivity index (χ3n) is 2.30. The first-order valence-electron chi connectivity index (χ1n) is 5.98. The number of hydrogen-bond acceptors (Lipinski definition) is 6. The fraction of sp³-hybridized carbons (Fsp3) is 0.308. The molecule has 0 N–H and O–H groups in total. The predicted octanol–water partition coefficient (Wildman–Crippen LogP) is 2.31. The Hall–Kier alpha value is -2.37. The molecule has 19 heavy (non-hydrogen) atoms. The van der Waals surface area contributed by atoms with Crippen molar-refractivity contribution in [3.05, 3.63) is 30.1 Å². The number of nitrogens with zero attached hydrogens (tertiary/aromatic N) is 2. The van der Waals surface area contributed by atoms with Crippen molar-refractivity contribution in [2.24, 2.45) is 0 Å². The summed E-state index contributed by atoms with van der Waals surface area (Å²) in [6, 6.07) is 7.17. The smallest absolute Gasteiger partial charge is 0.379 e. The second-order valence-corrected chi connectivity index (χ2v) is 3.60. The first-order valence-corrected chi connectivity index (χ1v) is 5.98. The average Bonchev–Trinajstić information content (AvgIpc) is 2.90. The van der Waals surface area contributed by atoms with Gasteiger partial charge in [0, 0.05) is 5.56 Å². The van der Waals surface area contributed by atoms with Gasteiger partial charge in [0.25, 0.3) is 11.7 Å². The van der Waals surface area contributed by atoms with E-state index in [-0.39, 0.29) is 18.3 Å². The van der Waals surface area contributed by atoms with Gasteiger partial charge in [0.05, 0.1) is 13.2 Å². The average molecular weight is 262 g/mol. The molecule has 0 amide bonds. The van der Waals surface area contributed by atoms with E-state index in [1.165, 1.54) is 0 Å². The quantitative estimate of drug-likeness (QED) is 0.770. The van der Waals surface area contributed by atoms with E-state index in [1.54, 1.807) is 31.2 Å². The highest BCUT2D eigenvalue weighted by molar-refractivity contribution is 5.85. The Labute approximate surface area is 110 Å². The Morgan fingerprint density at radius 3 is 2.58 bits per heavy atom. The molecule has 0 bridgehead atoms. The summed E-state index contributed by atoms with van der Waals surface area (Å²) in [6.45, 7) is 4.50. The van der Waals surface area contributed by atoms with Crippen molar-refractivity contribution in [1.29, 1.82) is 0 Å². The van der Waals surface area contributed by atoms with E-state index in [0.29, 0.717) is 12.2 Å². The number of esters is 1. The van der Waals surface area contributed by atoms with Gasteiger partial charge in [-0.3, -0.25) is 0 Å². The minimum Gasteiger partial charge on any atom is -0.494 e. The van der Waals surface area contributed by atoms with Crippen molar-refractivity contribution in [3.8, 4) is 17.2 Å². The van der Waals surface area contributed by atoms with Crippen LogP contribution in [0.1, 0.15) is 24.5 Å². The molecule has 100 valence electrons. The summed E-state index contributed by atoms with van der Waals surface area (Å²) in [4.78, 5) is 15.4. The van der Waals surface area contributed by atoms with Crippen molar-refractivity contribution in [1.82, 2.24) is 10.1 Å². The Kier molecular flexibility index (Phi) is 4.12. The number of carbonyl (C=O) groups excluding carboxylic acids is 1. The summed E-state index contributed by atoms with van der Waals surface area (Å²) < 4.78 is 15.1. The third kappa shape index (κ3) is 3.09. The second-order valence-electron chi connectivity index (χ2n) is 3.60. The minimum absolute atomic E-state index is 0.0780. The molecule has 1 heterocycles. The Balaban J connectivity index is 2.15. The molecule has 0 atom stereocenters. The van der Waals surface area contributed by atoms with Gasteiger partial charge in [0.2, 0.25) is 0 Å². The topological polar surface area (TPSA) is 74.5 Å². The fourth-order valence-electron chi connectivity index (χ4n) is 1.48. The first kappa shape index (κ1) is 13.1. The fourth-order valence-corrected chi connectivity index (χ4v) is 1.48. The van der Waals surface area contributed by atoms with E-state index >= 15 is 0 Å². The molecule has 0 spiro atoms. The lowest BCUT2D eigenvalue weighted by Crippen LogP contribution is -2.06. The molecule has 0 aliphatic carbocycles. The maximum Gasteiger partial charge on any atom is 0.379 e. The van der Waals surface area contributed by atoms with Crippen LogP contribution in [0, 0.1) is 0 Å². The largest absolute Gasteiger partial charge is 0.494 e. The zero-order valence-electron chi connectivity index (χ0n) is 10.8. The van der Waals surface area contributed by atoms with Crippen LogP contribution in [0.15, 0.2) is 28.8 Å². The van der Waals surface area contributed by atoms with E-state index in [0.717, 1.165) is 5.75 Å². The summed E-state index contributed by atoms with van der Waals surface area (Å²) in [5.41, 5.74) is 0.714. The number of ether oxygens (including phenoxy) is 2. The lowest BCUT2D eigenvalue weighted by atomic mass is 10.2. The molecule has 0 unspecified atom stereocenters. The van der Waals surface area contributed by atoms with Gasteiger partial charge >= 0.3 is 5.97 Å². The molecule has 0 aliphatic heterocycles. The predicted molar refractivity (Wildman–Crippen MR) is 66.9 cm³/mol. The molecule has 0 fully saturated rings. The van der Waals surface area contributed by atoms with Crippen molar-refractivity contribution < 1.29 is 18.8 Å². The van der Waals surface area contributed by atoms with Crippen molar-refractivity contribution in [2.75, 3.05) is 13.2 Å². The number of benzene rings is 1. The van der Waals surface area contributed by atoms with Crippen LogP contribution >= 0.6 is 0 Å². The molecule has 6 nitrogen and oxygen atoms in total. The molecule has 6 heteroatoms. The highest BCUT2D eigenvalue weighted by Crippen LogP contribution is 2.21. The summed E-state index contributed by atoms with van der Waals surface area (Å²) in [5, 5.41) is 3.58. The van der Waals surface area contributed by atoms with Crippen molar-refractivity contribution >= 4 is 5.97 Å². The maximum absolute atomic E-state index is 11.4. The Bertz CT molecular complexity index is 548. The van der Waals surface area contributed by atoms with Crippen LogP contribution < -0.4 is 4.74 Å². The van der Waals surface area contributed by atoms with Gasteiger partial charge in [-0.2, -0.15) is 4.98 Å². The molecule has 0 saturated heterocycles. The van der Waals surface area contributed by atoms with Gasteiger partial charge in [-0.05, 0) is 43.3 Å². The normalized spacial score (nSPS) is 10.2. The van der Waals surface area contributed by atoms with E-state index in [1.807, 2.05) is 6.92 Å². The molecule has 2 rings (SSSR count). The maximum atomic E-state index is 11.4. The van der Waals surface area contributed by atoms with Crippen LogP contribution in [0.4, 0.5) is 0 Å². The zero-order chi connectivity index (χ0) is 13.7. The standard InChI is InChI=1S/C13H14N2O4/c1-3-17-10-7-5-9(6-8-10)12-14-11(15-19-12)13(16)18-4-2/h5-8H,3-4H2,1-2H3. The van der Waals surface area contributed by atoms with Gasteiger partial charge in [0.15, 0.2) is 0 Å². The SMILES string of the molecule is CCOC(=O)c1noc(-c2ccc(OCC)cc2)n1. The number of aromatic nitrogens is 2. The minimum atomic E-state index is -0.594. The third-order valence-corrected chi connectivity index (χ3v) is 2.30. The van der Waals surface area contributed by atoms with E-state index in [2.05, 4.69) is 10.1 Å². The van der Waals surface area contributed by atoms with Crippen molar-refractivity contribution in [2.45, 2.75) is 13.8 Å². The van der Waals surface area contributed by atoms with E-state index in [4.69, 9.17) is 14.0 Å². The van der Waals surface area contributed by atoms with Gasteiger partial charge in [-0.25, -0.2) is 4.79 Å². The lowest BCUT2D eigenvalue weighted by Gasteiger charge is -2.02. The highest BCUT2D eigenvalue weighted by Gasteiger charge is 2.16. The molecular formula is C13H14N2O4. The van der Waals surface area contributed by atoms with Crippen LogP contribution in [0.25, 0.3) is 11.5 Å². The van der Waals surface area contributed by atoms with Gasteiger partial charge in [-0.15, -0.1) is 0 Å². The Morgan fingerprint density at radius 2 is 1.95 bits per heavy atom. The summed E-state index contributed by atoms with van der Waals surface area (Å²) >= 11 is 0. The zero-order valence-corrected chi connectivity index (χ0v) is 10.8. The monoisotopic (exact) mass is 262 g/mol. The van der Waals surface area contributed by atoms with Gasteiger partial charge < -0.3 is 14.0 Å².